The lowest BCUT2D eigenvalue weighted by molar-refractivity contribution is -0.105. The van der Waals surface area contributed by atoms with Gasteiger partial charge < -0.3 is 4.90 Å². The lowest BCUT2D eigenvalue weighted by Gasteiger charge is -2.18. The zero-order valence-electron chi connectivity index (χ0n) is 11.4. The highest BCUT2D eigenvalue weighted by Gasteiger charge is 2.37. The van der Waals surface area contributed by atoms with Crippen molar-refractivity contribution in [2.24, 2.45) is 4.99 Å². The molecular formula is C12H11ClF6N2S. The fraction of sp³-hybridized carbons (Fsp3) is 0.417. The molecule has 0 amide bonds. The number of benzene rings is 1. The van der Waals surface area contributed by atoms with Gasteiger partial charge in [-0.1, -0.05) is 11.6 Å². The first-order chi connectivity index (χ1) is 9.90. The number of thioether (sulfide) groups is 1. The Morgan fingerprint density at radius 3 is 2.23 bits per heavy atom. The molecule has 0 N–H and O–H groups in total. The molecule has 1 aromatic rings. The maximum absolute atomic E-state index is 12.8. The van der Waals surface area contributed by atoms with E-state index in [1.54, 1.807) is 0 Å². The average Bonchev–Trinajstić information content (AvgIpc) is 2.33. The molecule has 0 bridgehead atoms. The van der Waals surface area contributed by atoms with Crippen molar-refractivity contribution >= 4 is 34.9 Å². The molecule has 22 heavy (non-hydrogen) atoms. The third-order valence-electron chi connectivity index (χ3n) is 2.22. The van der Waals surface area contributed by atoms with Gasteiger partial charge in [0.2, 0.25) is 5.84 Å². The third kappa shape index (κ3) is 5.96. The van der Waals surface area contributed by atoms with Gasteiger partial charge in [-0.05, 0) is 18.2 Å². The minimum atomic E-state index is -4.68. The van der Waals surface area contributed by atoms with Crippen LogP contribution in [0.2, 0.25) is 5.02 Å². The van der Waals surface area contributed by atoms with E-state index >= 15 is 0 Å². The van der Waals surface area contributed by atoms with Crippen molar-refractivity contribution in [1.82, 2.24) is 4.90 Å². The second-order valence-corrected chi connectivity index (χ2v) is 5.77. The maximum atomic E-state index is 12.8. The third-order valence-corrected chi connectivity index (χ3v) is 3.78. The van der Waals surface area contributed by atoms with Gasteiger partial charge >= 0.3 is 12.4 Å². The zero-order chi connectivity index (χ0) is 17.1. The van der Waals surface area contributed by atoms with Crippen molar-refractivity contribution in [2.45, 2.75) is 17.2 Å². The van der Waals surface area contributed by atoms with Crippen molar-refractivity contribution in [2.75, 3.05) is 19.8 Å². The monoisotopic (exact) mass is 364 g/mol. The Morgan fingerprint density at radius 2 is 1.77 bits per heavy atom. The number of hydrogen-bond donors (Lipinski definition) is 0. The van der Waals surface area contributed by atoms with Gasteiger partial charge in [0.25, 0.3) is 0 Å². The van der Waals surface area contributed by atoms with Crippen molar-refractivity contribution in [3.05, 3.63) is 23.2 Å². The van der Waals surface area contributed by atoms with E-state index in [2.05, 4.69) is 4.99 Å². The molecule has 0 atom stereocenters. The number of alkyl halides is 6. The number of amidine groups is 1. The van der Waals surface area contributed by atoms with Crippen LogP contribution >= 0.6 is 23.4 Å². The minimum absolute atomic E-state index is 0.0144. The van der Waals surface area contributed by atoms with Crippen LogP contribution in [0.1, 0.15) is 0 Å². The van der Waals surface area contributed by atoms with Gasteiger partial charge in [-0.3, -0.25) is 0 Å². The summed E-state index contributed by atoms with van der Waals surface area (Å²) in [6, 6.07) is 3.51. The van der Waals surface area contributed by atoms with Crippen molar-refractivity contribution < 1.29 is 26.3 Å². The Morgan fingerprint density at radius 1 is 1.18 bits per heavy atom. The van der Waals surface area contributed by atoms with Gasteiger partial charge in [0.15, 0.2) is 0 Å². The van der Waals surface area contributed by atoms with Crippen LogP contribution in [0.15, 0.2) is 28.1 Å². The first-order valence-corrected chi connectivity index (χ1v) is 7.09. The van der Waals surface area contributed by atoms with Crippen molar-refractivity contribution in [3.8, 4) is 0 Å². The van der Waals surface area contributed by atoms with E-state index in [9.17, 15) is 26.3 Å². The fourth-order valence-corrected chi connectivity index (χ4v) is 2.38. The Kier molecular flexibility index (Phi) is 6.03. The van der Waals surface area contributed by atoms with Crippen LogP contribution in [0, 0.1) is 0 Å². The van der Waals surface area contributed by atoms with E-state index in [1.165, 1.54) is 26.2 Å². The van der Waals surface area contributed by atoms with E-state index in [0.717, 1.165) is 11.0 Å². The fourth-order valence-electron chi connectivity index (χ4n) is 1.37. The highest BCUT2D eigenvalue weighted by molar-refractivity contribution is 7.99. The first kappa shape index (κ1) is 19.0. The van der Waals surface area contributed by atoms with E-state index in [0.29, 0.717) is 11.8 Å². The summed E-state index contributed by atoms with van der Waals surface area (Å²) in [5, 5.41) is 0.0200. The molecule has 1 rings (SSSR count). The summed E-state index contributed by atoms with van der Waals surface area (Å²) in [7, 11) is 2.34. The molecule has 10 heteroatoms. The van der Waals surface area contributed by atoms with Crippen LogP contribution in [-0.2, 0) is 0 Å². The summed E-state index contributed by atoms with van der Waals surface area (Å²) < 4.78 is 75.0. The highest BCUT2D eigenvalue weighted by Crippen LogP contribution is 2.35. The predicted molar refractivity (Wildman–Crippen MR) is 75.1 cm³/mol. The summed E-state index contributed by atoms with van der Waals surface area (Å²) in [4.78, 5) is 4.23. The molecule has 0 aromatic heterocycles. The number of aliphatic imine (C=N–C) groups is 1. The summed E-state index contributed by atoms with van der Waals surface area (Å²) in [5.74, 6) is -2.36. The second kappa shape index (κ2) is 6.99. The SMILES string of the molecule is CN(C)/C(=N/c1ccc(Cl)c(SCC(F)(F)F)c1)C(F)(F)F. The molecule has 2 nitrogen and oxygen atoms in total. The molecule has 0 aliphatic heterocycles. The van der Waals surface area contributed by atoms with Crippen LogP contribution in [0.3, 0.4) is 0 Å². The minimum Gasteiger partial charge on any atom is -0.359 e. The quantitative estimate of drug-likeness (QED) is 0.319. The Labute approximate surface area is 132 Å². The summed E-state index contributed by atoms with van der Waals surface area (Å²) in [5.41, 5.74) is -0.130. The molecule has 0 radical (unpaired) electrons. The van der Waals surface area contributed by atoms with Crippen LogP contribution in [0.5, 0.6) is 0 Å². The summed E-state index contributed by atoms with van der Waals surface area (Å²) in [6.07, 6.45) is -9.09. The normalized spacial score (nSPS) is 13.4. The van der Waals surface area contributed by atoms with Gasteiger partial charge in [-0.15, -0.1) is 11.8 Å². The van der Waals surface area contributed by atoms with Crippen LogP contribution < -0.4 is 0 Å². The van der Waals surface area contributed by atoms with Gasteiger partial charge in [-0.2, -0.15) is 26.3 Å². The van der Waals surface area contributed by atoms with Crippen LogP contribution in [0.4, 0.5) is 32.0 Å². The van der Waals surface area contributed by atoms with Crippen molar-refractivity contribution in [1.29, 1.82) is 0 Å². The van der Waals surface area contributed by atoms with E-state index in [-0.39, 0.29) is 15.6 Å². The van der Waals surface area contributed by atoms with Crippen LogP contribution in [-0.4, -0.2) is 42.9 Å². The second-order valence-electron chi connectivity index (χ2n) is 4.35. The average molecular weight is 365 g/mol. The van der Waals surface area contributed by atoms with E-state index in [1.807, 2.05) is 0 Å². The van der Waals surface area contributed by atoms with Crippen molar-refractivity contribution in [3.63, 3.8) is 0 Å². The molecule has 0 fully saturated rings. The molecule has 0 aliphatic carbocycles. The molecular weight excluding hydrogens is 354 g/mol. The topological polar surface area (TPSA) is 15.6 Å². The van der Waals surface area contributed by atoms with Gasteiger partial charge in [0.1, 0.15) is 0 Å². The van der Waals surface area contributed by atoms with Crippen LogP contribution in [0.25, 0.3) is 0 Å². The predicted octanol–water partition coefficient (Wildman–Crippen LogP) is 5.15. The lowest BCUT2D eigenvalue weighted by atomic mass is 10.3. The first-order valence-electron chi connectivity index (χ1n) is 5.72. The summed E-state index contributed by atoms with van der Waals surface area (Å²) in [6.45, 7) is 0. The molecule has 1 aromatic carbocycles. The molecule has 0 heterocycles. The maximum Gasteiger partial charge on any atom is 0.449 e. The molecule has 0 saturated carbocycles. The standard InChI is InChI=1S/C12H11ClF6N2S/c1-21(2)10(12(17,18)19)20-7-3-4-8(13)9(5-7)22-6-11(14,15)16/h3-5H,6H2,1-2H3/b20-10+. The van der Waals surface area contributed by atoms with E-state index < -0.39 is 23.9 Å². The van der Waals surface area contributed by atoms with Gasteiger partial charge in [0.05, 0.1) is 16.5 Å². The number of hydrogen-bond acceptors (Lipinski definition) is 2. The molecule has 0 saturated heterocycles. The van der Waals surface area contributed by atoms with Gasteiger partial charge in [-0.25, -0.2) is 4.99 Å². The molecule has 124 valence electrons. The molecule has 0 aliphatic rings. The van der Waals surface area contributed by atoms with Gasteiger partial charge in [0, 0.05) is 19.0 Å². The number of nitrogens with zero attached hydrogens (tertiary/aromatic N) is 2. The zero-order valence-corrected chi connectivity index (χ0v) is 13.0. The number of rotatable bonds is 3. The van der Waals surface area contributed by atoms with E-state index in [4.69, 9.17) is 11.6 Å². The Balaban J connectivity index is 3.11. The summed E-state index contributed by atoms with van der Waals surface area (Å²) >= 11 is 6.13. The Bertz CT molecular complexity index is 554. The largest absolute Gasteiger partial charge is 0.449 e. The molecule has 0 unspecified atom stereocenters. The smallest absolute Gasteiger partial charge is 0.359 e. The Hall–Kier alpha value is -1.09. The number of halogens is 7. The lowest BCUT2D eigenvalue weighted by Crippen LogP contribution is -2.35. The molecule has 0 spiro atoms. The highest BCUT2D eigenvalue weighted by atomic mass is 35.5.